The predicted octanol–water partition coefficient (Wildman–Crippen LogP) is 0.580. The highest BCUT2D eigenvalue weighted by Gasteiger charge is 2.20. The van der Waals surface area contributed by atoms with Crippen LogP contribution in [0.4, 0.5) is 0 Å². The Morgan fingerprint density at radius 3 is 2.77 bits per heavy atom. The number of hydrogen-bond acceptors (Lipinski definition) is 8. The van der Waals surface area contributed by atoms with Crippen LogP contribution in [0.2, 0.25) is 0 Å². The van der Waals surface area contributed by atoms with Crippen molar-refractivity contribution in [3.8, 4) is 0 Å². The maximum atomic E-state index is 12.7. The quantitative estimate of drug-likeness (QED) is 0.423. The number of carbonyl (C=O) groups is 1. The first-order valence-corrected chi connectivity index (χ1v) is 9.99. The Labute approximate surface area is 175 Å². The summed E-state index contributed by atoms with van der Waals surface area (Å²) < 4.78 is 9.92. The molecular formula is C19H22N8O4. The van der Waals surface area contributed by atoms with E-state index in [1.165, 1.54) is 26.2 Å². The fraction of sp³-hybridized carbons (Fsp3) is 0.421. The van der Waals surface area contributed by atoms with Crippen molar-refractivity contribution in [2.75, 3.05) is 0 Å². The van der Waals surface area contributed by atoms with Gasteiger partial charge in [0.25, 0.3) is 11.3 Å². The van der Waals surface area contributed by atoms with Crippen LogP contribution in [0.15, 0.2) is 22.1 Å². The van der Waals surface area contributed by atoms with Gasteiger partial charge in [-0.05, 0) is 12.8 Å². The van der Waals surface area contributed by atoms with Crippen LogP contribution in [0, 0.1) is 0 Å². The molecule has 0 saturated carbocycles. The van der Waals surface area contributed by atoms with Gasteiger partial charge in [-0.15, -0.1) is 0 Å². The highest BCUT2D eigenvalue weighted by Crippen LogP contribution is 2.15. The molecule has 0 spiro atoms. The lowest BCUT2D eigenvalue weighted by Crippen LogP contribution is -2.31. The molecule has 0 unspecified atom stereocenters. The Morgan fingerprint density at radius 2 is 2.03 bits per heavy atom. The molecule has 0 aromatic carbocycles. The number of nitrogens with one attached hydrogen (secondary N) is 1. The molecule has 4 aromatic heterocycles. The zero-order valence-corrected chi connectivity index (χ0v) is 17.5. The van der Waals surface area contributed by atoms with E-state index in [1.807, 2.05) is 13.8 Å². The van der Waals surface area contributed by atoms with Gasteiger partial charge < -0.3 is 9.30 Å². The first-order chi connectivity index (χ1) is 15.0. The van der Waals surface area contributed by atoms with E-state index in [2.05, 4.69) is 25.0 Å². The number of carbonyl (C=O) groups excluding carboxylic acids is 1. The number of imidazole rings is 1. The lowest BCUT2D eigenvalue weighted by molar-refractivity contribution is 0.0457. The van der Waals surface area contributed by atoms with E-state index >= 15 is 0 Å². The summed E-state index contributed by atoms with van der Waals surface area (Å²) in [4.78, 5) is 52.2. The molecule has 0 fully saturated rings. The minimum atomic E-state index is -0.592. The van der Waals surface area contributed by atoms with Gasteiger partial charge >= 0.3 is 11.7 Å². The maximum absolute atomic E-state index is 12.7. The second-order valence-electron chi connectivity index (χ2n) is 7.04. The third-order valence-corrected chi connectivity index (χ3v) is 5.13. The van der Waals surface area contributed by atoms with Crippen LogP contribution >= 0.6 is 0 Å². The molecule has 4 heterocycles. The molecule has 0 aliphatic rings. The number of aromatic nitrogens is 8. The van der Waals surface area contributed by atoms with Gasteiger partial charge in [0.2, 0.25) is 0 Å². The monoisotopic (exact) mass is 426 g/mol. The summed E-state index contributed by atoms with van der Waals surface area (Å²) in [6, 6.07) is 0. The van der Waals surface area contributed by atoms with E-state index in [1.54, 1.807) is 7.05 Å². The van der Waals surface area contributed by atoms with Gasteiger partial charge in [0.05, 0.1) is 11.3 Å². The highest BCUT2D eigenvalue weighted by atomic mass is 16.5. The van der Waals surface area contributed by atoms with Crippen molar-refractivity contribution in [3.63, 3.8) is 0 Å². The van der Waals surface area contributed by atoms with E-state index < -0.39 is 17.2 Å². The number of rotatable bonds is 7. The van der Waals surface area contributed by atoms with Crippen molar-refractivity contribution < 1.29 is 9.53 Å². The minimum Gasteiger partial charge on any atom is -0.454 e. The Bertz CT molecular complexity index is 1390. The van der Waals surface area contributed by atoms with Crippen LogP contribution < -0.4 is 11.2 Å². The average Bonchev–Trinajstić information content (AvgIpc) is 3.35. The van der Waals surface area contributed by atoms with Crippen LogP contribution in [0.1, 0.15) is 48.6 Å². The molecule has 12 nitrogen and oxygen atoms in total. The summed E-state index contributed by atoms with van der Waals surface area (Å²) in [6.07, 6.45) is 4.95. The zero-order valence-electron chi connectivity index (χ0n) is 17.5. The topological polar surface area (TPSA) is 142 Å². The molecule has 0 aliphatic carbocycles. The van der Waals surface area contributed by atoms with Crippen LogP contribution in [-0.2, 0) is 31.4 Å². The van der Waals surface area contributed by atoms with Crippen molar-refractivity contribution in [1.82, 2.24) is 38.7 Å². The smallest absolute Gasteiger partial charge is 0.342 e. The van der Waals surface area contributed by atoms with Crippen molar-refractivity contribution >= 4 is 22.9 Å². The number of nitrogens with zero attached hydrogens (tertiary/aromatic N) is 7. The molecule has 162 valence electrons. The van der Waals surface area contributed by atoms with Gasteiger partial charge in [0.1, 0.15) is 18.8 Å². The molecule has 0 atom stereocenters. The van der Waals surface area contributed by atoms with E-state index in [9.17, 15) is 14.4 Å². The van der Waals surface area contributed by atoms with Crippen LogP contribution in [0.25, 0.3) is 16.9 Å². The number of H-pyrrole nitrogens is 1. The lowest BCUT2D eigenvalue weighted by atomic mass is 10.2. The van der Waals surface area contributed by atoms with Crippen molar-refractivity contribution in [2.45, 2.75) is 46.3 Å². The molecule has 0 radical (unpaired) electrons. The number of hydrogen-bond donors (Lipinski definition) is 1. The summed E-state index contributed by atoms with van der Waals surface area (Å²) in [5, 5.41) is 4.09. The van der Waals surface area contributed by atoms with Crippen molar-refractivity contribution in [1.29, 1.82) is 0 Å². The molecule has 0 saturated heterocycles. The van der Waals surface area contributed by atoms with Crippen LogP contribution in [0.3, 0.4) is 0 Å². The number of aryl methyl sites for hydroxylation is 3. The number of aromatic amines is 1. The van der Waals surface area contributed by atoms with Crippen molar-refractivity contribution in [2.24, 2.45) is 7.05 Å². The SMILES string of the molecule is CCCCn1c(=O)[nH]c(=O)c2c1nc(COC(=O)c1cnc3ncnn3c1CC)n2C. The molecule has 4 aromatic rings. The Kier molecular flexibility index (Phi) is 5.36. The van der Waals surface area contributed by atoms with E-state index in [0.29, 0.717) is 30.3 Å². The lowest BCUT2D eigenvalue weighted by Gasteiger charge is -2.09. The highest BCUT2D eigenvalue weighted by molar-refractivity contribution is 5.90. The van der Waals surface area contributed by atoms with Gasteiger partial charge in [-0.2, -0.15) is 10.1 Å². The Hall–Kier alpha value is -3.83. The molecule has 0 amide bonds. The van der Waals surface area contributed by atoms with E-state index in [-0.39, 0.29) is 23.3 Å². The van der Waals surface area contributed by atoms with Gasteiger partial charge in [-0.25, -0.2) is 24.1 Å². The average molecular weight is 426 g/mol. The van der Waals surface area contributed by atoms with Crippen LogP contribution in [-0.4, -0.2) is 44.7 Å². The standard InChI is InChI=1S/C19H22N8O4/c1-4-6-7-26-15-14(16(28)24-19(26)30)25(3)13(23-15)9-31-17(29)11-8-20-18-21-10-22-27(18)12(11)5-2/h8,10H,4-7,9H2,1-3H3,(H,24,28,30). The van der Waals surface area contributed by atoms with Gasteiger partial charge in [-0.1, -0.05) is 20.3 Å². The fourth-order valence-corrected chi connectivity index (χ4v) is 3.49. The molecule has 4 rings (SSSR count). The zero-order chi connectivity index (χ0) is 22.1. The number of esters is 1. The van der Waals surface area contributed by atoms with Gasteiger partial charge in [0.15, 0.2) is 11.2 Å². The molecule has 0 aliphatic heterocycles. The van der Waals surface area contributed by atoms with E-state index in [0.717, 1.165) is 12.8 Å². The summed E-state index contributed by atoms with van der Waals surface area (Å²) in [7, 11) is 1.64. The molecule has 1 N–H and O–H groups in total. The summed E-state index contributed by atoms with van der Waals surface area (Å²) in [6.45, 7) is 4.15. The summed E-state index contributed by atoms with van der Waals surface area (Å²) in [5.74, 6) is 0.150. The van der Waals surface area contributed by atoms with E-state index in [4.69, 9.17) is 4.74 Å². The minimum absolute atomic E-state index is 0.177. The van der Waals surface area contributed by atoms with Gasteiger partial charge in [-0.3, -0.25) is 14.3 Å². The summed E-state index contributed by atoms with van der Waals surface area (Å²) >= 11 is 0. The fourth-order valence-electron chi connectivity index (χ4n) is 3.49. The normalized spacial score (nSPS) is 11.5. The largest absolute Gasteiger partial charge is 0.454 e. The number of ether oxygens (including phenoxy) is 1. The third kappa shape index (κ3) is 3.49. The second-order valence-corrected chi connectivity index (χ2v) is 7.04. The first kappa shape index (κ1) is 20.4. The predicted molar refractivity (Wildman–Crippen MR) is 110 cm³/mol. The summed E-state index contributed by atoms with van der Waals surface area (Å²) in [5.41, 5.74) is 0.388. The molecular weight excluding hydrogens is 404 g/mol. The van der Waals surface area contributed by atoms with Crippen LogP contribution in [0.5, 0.6) is 0 Å². The number of unbranched alkanes of at least 4 members (excludes halogenated alkanes) is 1. The van der Waals surface area contributed by atoms with Crippen molar-refractivity contribution in [3.05, 3.63) is 50.4 Å². The third-order valence-electron chi connectivity index (χ3n) is 5.13. The first-order valence-electron chi connectivity index (χ1n) is 9.99. The molecule has 31 heavy (non-hydrogen) atoms. The number of fused-ring (bicyclic) bond motifs is 2. The molecule has 12 heteroatoms. The Balaban J connectivity index is 1.66. The van der Waals surface area contributed by atoms with Gasteiger partial charge in [0, 0.05) is 19.8 Å². The second kappa shape index (κ2) is 8.13. The molecule has 0 bridgehead atoms. The maximum Gasteiger partial charge on any atom is 0.342 e. The Morgan fingerprint density at radius 1 is 1.23 bits per heavy atom.